The third-order valence-electron chi connectivity index (χ3n) is 2.15. The SMILES string of the molecule is O=C(CNc1ccncc1Br)NC1CC1. The van der Waals surface area contributed by atoms with Crippen LogP contribution in [0.3, 0.4) is 0 Å². The molecule has 1 heterocycles. The van der Waals surface area contributed by atoms with Crippen LogP contribution in [0.4, 0.5) is 5.69 Å². The van der Waals surface area contributed by atoms with E-state index in [1.54, 1.807) is 12.4 Å². The lowest BCUT2D eigenvalue weighted by Crippen LogP contribution is -2.31. The first kappa shape index (κ1) is 10.4. The van der Waals surface area contributed by atoms with E-state index in [-0.39, 0.29) is 5.91 Å². The van der Waals surface area contributed by atoms with Crippen molar-refractivity contribution in [3.63, 3.8) is 0 Å². The van der Waals surface area contributed by atoms with Gasteiger partial charge in [0.1, 0.15) is 0 Å². The van der Waals surface area contributed by atoms with Gasteiger partial charge in [0, 0.05) is 18.4 Å². The van der Waals surface area contributed by atoms with Gasteiger partial charge in [-0.1, -0.05) is 0 Å². The first-order valence-corrected chi connectivity index (χ1v) is 5.68. The zero-order chi connectivity index (χ0) is 10.7. The number of hydrogen-bond donors (Lipinski definition) is 2. The minimum atomic E-state index is 0.0428. The lowest BCUT2D eigenvalue weighted by molar-refractivity contribution is -0.119. The minimum Gasteiger partial charge on any atom is -0.375 e. The zero-order valence-corrected chi connectivity index (χ0v) is 9.75. The molecule has 2 N–H and O–H groups in total. The monoisotopic (exact) mass is 269 g/mol. The maximum atomic E-state index is 11.4. The van der Waals surface area contributed by atoms with Crippen LogP contribution in [0, 0.1) is 0 Å². The molecule has 1 aliphatic rings. The molecule has 2 rings (SSSR count). The van der Waals surface area contributed by atoms with Crippen LogP contribution in [-0.2, 0) is 4.79 Å². The van der Waals surface area contributed by atoms with Crippen molar-refractivity contribution in [3.8, 4) is 0 Å². The number of nitrogens with zero attached hydrogens (tertiary/aromatic N) is 1. The summed E-state index contributed by atoms with van der Waals surface area (Å²) in [6.45, 7) is 0.305. The van der Waals surface area contributed by atoms with Crippen molar-refractivity contribution in [2.24, 2.45) is 0 Å². The molecule has 1 aliphatic carbocycles. The summed E-state index contributed by atoms with van der Waals surface area (Å²) in [5.74, 6) is 0.0428. The van der Waals surface area contributed by atoms with Crippen LogP contribution in [0.25, 0.3) is 0 Å². The largest absolute Gasteiger partial charge is 0.375 e. The molecule has 0 unspecified atom stereocenters. The summed E-state index contributed by atoms with van der Waals surface area (Å²) in [4.78, 5) is 15.3. The third kappa shape index (κ3) is 3.20. The lowest BCUT2D eigenvalue weighted by Gasteiger charge is -2.07. The highest BCUT2D eigenvalue weighted by Crippen LogP contribution is 2.20. The predicted octanol–water partition coefficient (Wildman–Crippen LogP) is 1.53. The highest BCUT2D eigenvalue weighted by atomic mass is 79.9. The molecule has 1 fully saturated rings. The molecule has 1 saturated carbocycles. The van der Waals surface area contributed by atoms with E-state index in [0.717, 1.165) is 23.0 Å². The van der Waals surface area contributed by atoms with Crippen molar-refractivity contribution < 1.29 is 4.79 Å². The van der Waals surface area contributed by atoms with Gasteiger partial charge < -0.3 is 10.6 Å². The molecule has 0 spiro atoms. The van der Waals surface area contributed by atoms with Crippen molar-refractivity contribution >= 4 is 27.5 Å². The topological polar surface area (TPSA) is 54.0 Å². The Kier molecular flexibility index (Phi) is 3.20. The van der Waals surface area contributed by atoms with E-state index in [0.29, 0.717) is 12.6 Å². The molecular weight excluding hydrogens is 258 g/mol. The standard InChI is InChI=1S/C10H12BrN3O/c11-8-5-12-4-3-9(8)13-6-10(15)14-7-1-2-7/h3-5,7H,1-2,6H2,(H,12,13)(H,14,15). The molecule has 0 aromatic carbocycles. The maximum Gasteiger partial charge on any atom is 0.239 e. The molecule has 0 aliphatic heterocycles. The van der Waals surface area contributed by atoms with E-state index < -0.39 is 0 Å². The molecule has 5 heteroatoms. The van der Waals surface area contributed by atoms with E-state index in [9.17, 15) is 4.79 Å². The molecule has 1 amide bonds. The average molecular weight is 270 g/mol. The average Bonchev–Trinajstić information content (AvgIpc) is 3.00. The summed E-state index contributed by atoms with van der Waals surface area (Å²) in [5.41, 5.74) is 0.885. The Morgan fingerprint density at radius 1 is 1.60 bits per heavy atom. The maximum absolute atomic E-state index is 11.4. The van der Waals surface area contributed by atoms with E-state index in [1.165, 1.54) is 0 Å². The first-order chi connectivity index (χ1) is 7.25. The fourth-order valence-electron chi connectivity index (χ4n) is 1.20. The number of hydrogen-bond acceptors (Lipinski definition) is 3. The van der Waals surface area contributed by atoms with Crippen LogP contribution in [0.15, 0.2) is 22.9 Å². The lowest BCUT2D eigenvalue weighted by atomic mass is 10.4. The molecule has 0 saturated heterocycles. The van der Waals surface area contributed by atoms with Crippen molar-refractivity contribution in [1.82, 2.24) is 10.3 Å². The van der Waals surface area contributed by atoms with Gasteiger partial charge in [-0.3, -0.25) is 9.78 Å². The van der Waals surface area contributed by atoms with Gasteiger partial charge in [0.15, 0.2) is 0 Å². The number of carbonyl (C=O) groups is 1. The second kappa shape index (κ2) is 4.61. The molecular formula is C10H12BrN3O. The molecule has 0 atom stereocenters. The molecule has 15 heavy (non-hydrogen) atoms. The number of amides is 1. The smallest absolute Gasteiger partial charge is 0.239 e. The predicted molar refractivity (Wildman–Crippen MR) is 61.6 cm³/mol. The quantitative estimate of drug-likeness (QED) is 0.872. The Morgan fingerprint density at radius 3 is 3.07 bits per heavy atom. The normalized spacial score (nSPS) is 14.7. The number of halogens is 1. The van der Waals surface area contributed by atoms with Crippen LogP contribution in [0.2, 0.25) is 0 Å². The van der Waals surface area contributed by atoms with Crippen LogP contribution in [0.1, 0.15) is 12.8 Å². The van der Waals surface area contributed by atoms with Gasteiger partial charge in [-0.15, -0.1) is 0 Å². The number of anilines is 1. The molecule has 4 nitrogen and oxygen atoms in total. The highest BCUT2D eigenvalue weighted by Gasteiger charge is 2.22. The van der Waals surface area contributed by atoms with Crippen LogP contribution in [-0.4, -0.2) is 23.5 Å². The molecule has 0 radical (unpaired) electrons. The van der Waals surface area contributed by atoms with Gasteiger partial charge >= 0.3 is 0 Å². The van der Waals surface area contributed by atoms with Crippen LogP contribution >= 0.6 is 15.9 Å². The second-order valence-electron chi connectivity index (χ2n) is 3.55. The summed E-state index contributed by atoms with van der Waals surface area (Å²) in [7, 11) is 0. The van der Waals surface area contributed by atoms with Gasteiger partial charge in [-0.05, 0) is 34.8 Å². The van der Waals surface area contributed by atoms with Gasteiger partial charge in [-0.2, -0.15) is 0 Å². The van der Waals surface area contributed by atoms with E-state index in [4.69, 9.17) is 0 Å². The van der Waals surface area contributed by atoms with Crippen LogP contribution < -0.4 is 10.6 Å². The van der Waals surface area contributed by atoms with Crippen molar-refractivity contribution in [1.29, 1.82) is 0 Å². The molecule has 80 valence electrons. The Labute approximate surface area is 96.6 Å². The van der Waals surface area contributed by atoms with E-state index >= 15 is 0 Å². The van der Waals surface area contributed by atoms with Crippen molar-refractivity contribution in [3.05, 3.63) is 22.9 Å². The summed E-state index contributed by atoms with van der Waals surface area (Å²) in [5, 5.41) is 5.96. The number of pyridine rings is 1. The summed E-state index contributed by atoms with van der Waals surface area (Å²) in [6, 6.07) is 2.24. The first-order valence-electron chi connectivity index (χ1n) is 4.88. The number of nitrogens with one attached hydrogen (secondary N) is 2. The number of rotatable bonds is 4. The van der Waals surface area contributed by atoms with Gasteiger partial charge in [0.2, 0.25) is 5.91 Å². The molecule has 0 bridgehead atoms. The Balaban J connectivity index is 1.81. The van der Waals surface area contributed by atoms with E-state index in [1.807, 2.05) is 6.07 Å². The van der Waals surface area contributed by atoms with Gasteiger partial charge in [0.05, 0.1) is 16.7 Å². The van der Waals surface area contributed by atoms with Gasteiger partial charge in [0.25, 0.3) is 0 Å². The third-order valence-corrected chi connectivity index (χ3v) is 2.79. The Morgan fingerprint density at radius 2 is 2.40 bits per heavy atom. The van der Waals surface area contributed by atoms with Crippen LogP contribution in [0.5, 0.6) is 0 Å². The zero-order valence-electron chi connectivity index (χ0n) is 8.16. The summed E-state index contributed by atoms with van der Waals surface area (Å²) in [6.07, 6.45) is 5.61. The van der Waals surface area contributed by atoms with Crippen molar-refractivity contribution in [2.75, 3.05) is 11.9 Å². The van der Waals surface area contributed by atoms with E-state index in [2.05, 4.69) is 31.5 Å². The fourth-order valence-corrected chi connectivity index (χ4v) is 1.59. The molecule has 1 aromatic heterocycles. The minimum absolute atomic E-state index is 0.0428. The Hall–Kier alpha value is -1.10. The Bertz CT molecular complexity index is 365. The second-order valence-corrected chi connectivity index (χ2v) is 4.41. The van der Waals surface area contributed by atoms with Gasteiger partial charge in [-0.25, -0.2) is 0 Å². The number of aromatic nitrogens is 1. The number of carbonyl (C=O) groups excluding carboxylic acids is 1. The van der Waals surface area contributed by atoms with Crippen molar-refractivity contribution in [2.45, 2.75) is 18.9 Å². The highest BCUT2D eigenvalue weighted by molar-refractivity contribution is 9.10. The molecule has 1 aromatic rings. The summed E-state index contributed by atoms with van der Waals surface area (Å²) < 4.78 is 0.865. The summed E-state index contributed by atoms with van der Waals surface area (Å²) >= 11 is 3.35. The fraction of sp³-hybridized carbons (Fsp3) is 0.400.